The molecule has 0 spiro atoms. The van der Waals surface area contributed by atoms with Crippen molar-refractivity contribution in [1.29, 1.82) is 0 Å². The monoisotopic (exact) mass is 236 g/mol. The van der Waals surface area contributed by atoms with Gasteiger partial charge in [-0.3, -0.25) is 0 Å². The van der Waals surface area contributed by atoms with Crippen LogP contribution in [0.15, 0.2) is 6.07 Å². The van der Waals surface area contributed by atoms with Gasteiger partial charge in [-0.15, -0.1) is 0 Å². The Bertz CT molecular complexity index is 427. The van der Waals surface area contributed by atoms with Crippen LogP contribution in [0, 0.1) is 6.92 Å². The number of aromatic carboxylic acids is 1. The number of hydrogen-bond donors (Lipinski definition) is 2. The second-order valence-corrected chi connectivity index (χ2v) is 4.32. The highest BCUT2D eigenvalue weighted by Crippen LogP contribution is 2.16. The van der Waals surface area contributed by atoms with Crippen LogP contribution >= 0.6 is 0 Å². The Balaban J connectivity index is 2.23. The van der Waals surface area contributed by atoms with E-state index in [9.17, 15) is 4.79 Å². The fourth-order valence-electron chi connectivity index (χ4n) is 1.90. The summed E-state index contributed by atoms with van der Waals surface area (Å²) in [4.78, 5) is 21.2. The molecule has 0 bridgehead atoms. The summed E-state index contributed by atoms with van der Waals surface area (Å²) < 4.78 is 0. The van der Waals surface area contributed by atoms with Crippen LogP contribution in [-0.2, 0) is 0 Å². The summed E-state index contributed by atoms with van der Waals surface area (Å²) in [6.45, 7) is 3.33. The van der Waals surface area contributed by atoms with Gasteiger partial charge in [-0.2, -0.15) is 0 Å². The third-order valence-electron chi connectivity index (χ3n) is 2.88. The number of piperidine rings is 1. The number of rotatable bonds is 2. The zero-order chi connectivity index (χ0) is 12.4. The van der Waals surface area contributed by atoms with Crippen molar-refractivity contribution in [2.24, 2.45) is 5.73 Å². The Morgan fingerprint density at radius 3 is 2.71 bits per heavy atom. The van der Waals surface area contributed by atoms with E-state index in [0.717, 1.165) is 25.9 Å². The van der Waals surface area contributed by atoms with Crippen LogP contribution in [0.4, 0.5) is 5.95 Å². The van der Waals surface area contributed by atoms with Crippen molar-refractivity contribution in [3.05, 3.63) is 17.5 Å². The number of hydrogen-bond acceptors (Lipinski definition) is 5. The SMILES string of the molecule is Cc1cc(C(=O)O)nc(N2CCC(N)CC2)n1. The highest BCUT2D eigenvalue weighted by Gasteiger charge is 2.19. The van der Waals surface area contributed by atoms with Crippen LogP contribution in [0.5, 0.6) is 0 Å². The molecule has 1 aliphatic rings. The molecule has 3 N–H and O–H groups in total. The van der Waals surface area contributed by atoms with E-state index in [1.54, 1.807) is 6.92 Å². The van der Waals surface area contributed by atoms with Crippen molar-refractivity contribution in [1.82, 2.24) is 9.97 Å². The van der Waals surface area contributed by atoms with Gasteiger partial charge >= 0.3 is 5.97 Å². The van der Waals surface area contributed by atoms with E-state index in [2.05, 4.69) is 9.97 Å². The van der Waals surface area contributed by atoms with Gasteiger partial charge in [0.25, 0.3) is 0 Å². The van der Waals surface area contributed by atoms with Gasteiger partial charge in [0.15, 0.2) is 5.69 Å². The minimum absolute atomic E-state index is 0.0439. The first kappa shape index (κ1) is 11.8. The molecule has 0 saturated carbocycles. The molecule has 0 atom stereocenters. The van der Waals surface area contributed by atoms with Crippen molar-refractivity contribution in [2.75, 3.05) is 18.0 Å². The summed E-state index contributed by atoms with van der Waals surface area (Å²) in [5.74, 6) is -0.528. The summed E-state index contributed by atoms with van der Waals surface area (Å²) in [6, 6.07) is 1.71. The van der Waals surface area contributed by atoms with Crippen LogP contribution in [-0.4, -0.2) is 40.2 Å². The van der Waals surface area contributed by atoms with Crippen molar-refractivity contribution in [3.8, 4) is 0 Å². The third kappa shape index (κ3) is 2.71. The van der Waals surface area contributed by atoms with Gasteiger partial charge in [0.05, 0.1) is 0 Å². The third-order valence-corrected chi connectivity index (χ3v) is 2.88. The van der Waals surface area contributed by atoms with Crippen molar-refractivity contribution in [3.63, 3.8) is 0 Å². The molecule has 6 nitrogen and oxygen atoms in total. The average molecular weight is 236 g/mol. The average Bonchev–Trinajstić information content (AvgIpc) is 2.29. The molecule has 1 aromatic rings. The van der Waals surface area contributed by atoms with Gasteiger partial charge in [0.2, 0.25) is 5.95 Å². The van der Waals surface area contributed by atoms with Crippen molar-refractivity contribution in [2.45, 2.75) is 25.8 Å². The van der Waals surface area contributed by atoms with E-state index in [4.69, 9.17) is 10.8 Å². The van der Waals surface area contributed by atoms with E-state index in [1.165, 1.54) is 6.07 Å². The summed E-state index contributed by atoms with van der Waals surface area (Å²) in [7, 11) is 0. The quantitative estimate of drug-likeness (QED) is 0.772. The summed E-state index contributed by atoms with van der Waals surface area (Å²) >= 11 is 0. The number of carboxylic acid groups (broad SMARTS) is 1. The molecular formula is C11H16N4O2. The summed E-state index contributed by atoms with van der Waals surface area (Å²) in [5.41, 5.74) is 6.53. The fourth-order valence-corrected chi connectivity index (χ4v) is 1.90. The highest BCUT2D eigenvalue weighted by molar-refractivity contribution is 5.85. The first-order valence-electron chi connectivity index (χ1n) is 5.66. The number of nitrogens with two attached hydrogens (primary N) is 1. The van der Waals surface area contributed by atoms with E-state index >= 15 is 0 Å². The molecule has 6 heteroatoms. The standard InChI is InChI=1S/C11H16N4O2/c1-7-6-9(10(16)17)14-11(13-7)15-4-2-8(12)3-5-15/h6,8H,2-5,12H2,1H3,(H,16,17). The second kappa shape index (κ2) is 4.67. The lowest BCUT2D eigenvalue weighted by Gasteiger charge is -2.30. The molecule has 17 heavy (non-hydrogen) atoms. The first-order chi connectivity index (χ1) is 8.06. The van der Waals surface area contributed by atoms with Crippen LogP contribution in [0.3, 0.4) is 0 Å². The van der Waals surface area contributed by atoms with E-state index in [1.807, 2.05) is 4.90 Å². The Morgan fingerprint density at radius 1 is 1.47 bits per heavy atom. The number of aryl methyl sites for hydroxylation is 1. The summed E-state index contributed by atoms with van der Waals surface area (Å²) in [5, 5.41) is 8.95. The van der Waals surface area contributed by atoms with Gasteiger partial charge in [0, 0.05) is 24.8 Å². The molecule has 1 aromatic heterocycles. The van der Waals surface area contributed by atoms with Crippen LogP contribution in [0.25, 0.3) is 0 Å². The predicted molar refractivity (Wildman–Crippen MR) is 63.2 cm³/mol. The van der Waals surface area contributed by atoms with Gasteiger partial charge in [0.1, 0.15) is 0 Å². The number of carboxylic acids is 1. The molecule has 0 radical (unpaired) electrons. The number of nitrogens with zero attached hydrogens (tertiary/aromatic N) is 3. The Kier molecular flexibility index (Phi) is 3.23. The molecule has 0 unspecified atom stereocenters. The zero-order valence-corrected chi connectivity index (χ0v) is 9.76. The van der Waals surface area contributed by atoms with Crippen molar-refractivity contribution < 1.29 is 9.90 Å². The molecular weight excluding hydrogens is 220 g/mol. The maximum atomic E-state index is 10.9. The smallest absolute Gasteiger partial charge is 0.354 e. The van der Waals surface area contributed by atoms with Crippen LogP contribution in [0.2, 0.25) is 0 Å². The molecule has 1 aliphatic heterocycles. The van der Waals surface area contributed by atoms with Crippen LogP contribution in [0.1, 0.15) is 29.0 Å². The molecule has 0 aliphatic carbocycles. The van der Waals surface area contributed by atoms with Gasteiger partial charge < -0.3 is 15.7 Å². The van der Waals surface area contributed by atoms with Gasteiger partial charge in [-0.25, -0.2) is 14.8 Å². The highest BCUT2D eigenvalue weighted by atomic mass is 16.4. The lowest BCUT2D eigenvalue weighted by Crippen LogP contribution is -2.40. The molecule has 0 aromatic carbocycles. The molecule has 0 amide bonds. The summed E-state index contributed by atoms with van der Waals surface area (Å²) in [6.07, 6.45) is 1.78. The second-order valence-electron chi connectivity index (χ2n) is 4.32. The van der Waals surface area contributed by atoms with Crippen LogP contribution < -0.4 is 10.6 Å². The fraction of sp³-hybridized carbons (Fsp3) is 0.545. The maximum Gasteiger partial charge on any atom is 0.354 e. The normalized spacial score (nSPS) is 17.2. The van der Waals surface area contributed by atoms with Crippen molar-refractivity contribution >= 4 is 11.9 Å². The van der Waals surface area contributed by atoms with Gasteiger partial charge in [-0.05, 0) is 25.8 Å². The first-order valence-corrected chi connectivity index (χ1v) is 5.66. The van der Waals surface area contributed by atoms with E-state index in [0.29, 0.717) is 11.6 Å². The maximum absolute atomic E-state index is 10.9. The lowest BCUT2D eigenvalue weighted by atomic mass is 10.1. The van der Waals surface area contributed by atoms with E-state index < -0.39 is 5.97 Å². The number of carbonyl (C=O) groups is 1. The zero-order valence-electron chi connectivity index (χ0n) is 9.76. The van der Waals surface area contributed by atoms with E-state index in [-0.39, 0.29) is 11.7 Å². The topological polar surface area (TPSA) is 92.3 Å². The molecule has 1 fully saturated rings. The Hall–Kier alpha value is -1.69. The van der Waals surface area contributed by atoms with Gasteiger partial charge in [-0.1, -0.05) is 0 Å². The number of aromatic nitrogens is 2. The molecule has 2 rings (SSSR count). The Morgan fingerprint density at radius 2 is 2.12 bits per heavy atom. The minimum atomic E-state index is -1.02. The predicted octanol–water partition coefficient (Wildman–Crippen LogP) is 0.411. The molecule has 92 valence electrons. The molecule has 2 heterocycles. The number of anilines is 1. The molecule has 1 saturated heterocycles. The lowest BCUT2D eigenvalue weighted by molar-refractivity contribution is 0.0690. The largest absolute Gasteiger partial charge is 0.477 e. The Labute approximate surface area is 99.5 Å². The minimum Gasteiger partial charge on any atom is -0.477 e.